The molecule has 2 fully saturated rings. The minimum absolute atomic E-state index is 0.00282. The Labute approximate surface area is 340 Å². The smallest absolute Gasteiger partial charge is 0.425 e. The molecule has 17 heteroatoms. The normalized spacial score (nSPS) is 18.8. The van der Waals surface area contributed by atoms with E-state index in [0.29, 0.717) is 60.0 Å². The lowest BCUT2D eigenvalue weighted by Gasteiger charge is -2.35. The molecule has 2 aliphatic rings. The Balaban J connectivity index is 1.20. The highest BCUT2D eigenvalue weighted by molar-refractivity contribution is 5.86. The maximum absolute atomic E-state index is 14.7. The van der Waals surface area contributed by atoms with Gasteiger partial charge in [-0.05, 0) is 68.2 Å². The van der Waals surface area contributed by atoms with E-state index in [-0.39, 0.29) is 46.9 Å². The molecule has 2 aromatic carbocycles. The van der Waals surface area contributed by atoms with Gasteiger partial charge < -0.3 is 29.7 Å². The number of hydrogen-bond acceptors (Lipinski definition) is 8. The van der Waals surface area contributed by atoms with Crippen LogP contribution in [0.4, 0.5) is 22.8 Å². The number of hydrogen-bond donors (Lipinski definition) is 4. The Hall–Kier alpha value is -5.87. The third-order valence-corrected chi connectivity index (χ3v) is 11.2. The summed E-state index contributed by atoms with van der Waals surface area (Å²) in [6.45, 7) is 7.73. The molecule has 1 aliphatic heterocycles. The summed E-state index contributed by atoms with van der Waals surface area (Å²) < 4.78 is 53.5. The molecule has 1 saturated carbocycles. The average Bonchev–Trinajstić information content (AvgIpc) is 4.03. The van der Waals surface area contributed by atoms with Gasteiger partial charge in [0.25, 0.3) is 0 Å². The number of aromatic amines is 2. The largest absolute Gasteiger partial charge is 0.453 e. The van der Waals surface area contributed by atoms with Gasteiger partial charge in [0.15, 0.2) is 0 Å². The second-order valence-corrected chi connectivity index (χ2v) is 15.6. The third-order valence-electron chi connectivity index (χ3n) is 11.2. The number of aromatic nitrogens is 4. The van der Waals surface area contributed by atoms with Crippen molar-refractivity contribution >= 4 is 24.0 Å². The summed E-state index contributed by atoms with van der Waals surface area (Å²) >= 11 is 0. The first-order valence-electron chi connectivity index (χ1n) is 19.9. The Kier molecular flexibility index (Phi) is 13.0. The minimum atomic E-state index is -4.68. The fraction of sp³-hybridized carbons (Fsp3) is 0.476. The molecule has 2 aromatic heterocycles. The number of H-pyrrole nitrogens is 2. The number of amides is 4. The summed E-state index contributed by atoms with van der Waals surface area (Å²) in [7, 11) is 2.46. The van der Waals surface area contributed by atoms with Crippen molar-refractivity contribution in [2.45, 2.75) is 96.4 Å². The van der Waals surface area contributed by atoms with Gasteiger partial charge in [0.1, 0.15) is 17.7 Å². The van der Waals surface area contributed by atoms with Gasteiger partial charge in [-0.25, -0.2) is 30.0 Å². The van der Waals surface area contributed by atoms with Crippen LogP contribution in [-0.4, -0.2) is 86.7 Å². The van der Waals surface area contributed by atoms with Gasteiger partial charge in [0.05, 0.1) is 49.6 Å². The number of hydrazine groups is 1. The number of likely N-dealkylation sites (tertiary alicyclic amines) is 1. The summed E-state index contributed by atoms with van der Waals surface area (Å²) in [5, 5.41) is 3.90. The van der Waals surface area contributed by atoms with E-state index >= 15 is 0 Å². The molecule has 4 amide bonds. The van der Waals surface area contributed by atoms with Crippen molar-refractivity contribution in [1.29, 1.82) is 0 Å². The topological polar surface area (TPSA) is 175 Å². The number of carbonyl (C=O) groups excluding carboxylic acids is 4. The Morgan fingerprint density at radius 3 is 2.07 bits per heavy atom. The molecule has 4 N–H and O–H groups in total. The number of alkyl halides is 3. The fourth-order valence-corrected chi connectivity index (χ4v) is 8.06. The second-order valence-electron chi connectivity index (χ2n) is 15.6. The Morgan fingerprint density at radius 1 is 0.814 bits per heavy atom. The highest BCUT2D eigenvalue weighted by Gasteiger charge is 2.40. The molecular weight excluding hydrogens is 770 g/mol. The molecule has 316 valence electrons. The number of nitrogens with one attached hydrogen (secondary N) is 4. The van der Waals surface area contributed by atoms with Crippen molar-refractivity contribution in [2.75, 3.05) is 20.8 Å². The number of ether oxygens (including phenoxy) is 2. The molecule has 4 atom stereocenters. The SMILES string of the molecule is COC(=O)N[C@H](C(=O)N1CCC[C@H]1c1ncc(-c2ccc(-c3ccc(-c4cnc([C@H]5CCCC[C@@H]5C(=O)N(NC(=O)OC)C(C)C)[nH]4)cc3C(F)(F)F)cc2)[nH]1)C(C)C. The molecule has 0 unspecified atom stereocenters. The number of methoxy groups -OCH3 is 2. The van der Waals surface area contributed by atoms with E-state index in [1.807, 2.05) is 13.8 Å². The van der Waals surface area contributed by atoms with Gasteiger partial charge in [-0.1, -0.05) is 63.1 Å². The first-order valence-corrected chi connectivity index (χ1v) is 19.9. The van der Waals surface area contributed by atoms with Crippen LogP contribution in [0.1, 0.15) is 95.4 Å². The summed E-state index contributed by atoms with van der Waals surface area (Å²) in [5.74, 6) is -0.460. The zero-order chi connectivity index (χ0) is 42.6. The molecule has 0 radical (unpaired) electrons. The van der Waals surface area contributed by atoms with Gasteiger partial charge in [-0.2, -0.15) is 13.2 Å². The first-order chi connectivity index (χ1) is 28.1. The van der Waals surface area contributed by atoms with Crippen LogP contribution in [0.15, 0.2) is 54.9 Å². The van der Waals surface area contributed by atoms with E-state index in [2.05, 4.69) is 30.7 Å². The molecule has 1 saturated heterocycles. The zero-order valence-corrected chi connectivity index (χ0v) is 34.0. The lowest BCUT2D eigenvalue weighted by Crippen LogP contribution is -2.53. The van der Waals surface area contributed by atoms with E-state index < -0.39 is 35.9 Å². The van der Waals surface area contributed by atoms with Gasteiger partial charge in [-0.3, -0.25) is 9.59 Å². The Bertz CT molecular complexity index is 2130. The maximum Gasteiger partial charge on any atom is 0.425 e. The van der Waals surface area contributed by atoms with Crippen molar-refractivity contribution < 1.29 is 41.8 Å². The van der Waals surface area contributed by atoms with Crippen molar-refractivity contribution in [3.8, 4) is 33.6 Å². The number of rotatable bonds is 10. The van der Waals surface area contributed by atoms with E-state index in [1.165, 1.54) is 31.5 Å². The minimum Gasteiger partial charge on any atom is -0.453 e. The number of nitrogens with zero attached hydrogens (tertiary/aromatic N) is 4. The first kappa shape index (κ1) is 42.7. The van der Waals surface area contributed by atoms with Crippen molar-refractivity contribution in [2.24, 2.45) is 11.8 Å². The number of imidazole rings is 2. The zero-order valence-electron chi connectivity index (χ0n) is 34.0. The number of halogens is 3. The predicted octanol–water partition coefficient (Wildman–Crippen LogP) is 7.98. The van der Waals surface area contributed by atoms with E-state index in [1.54, 1.807) is 55.3 Å². The molecule has 0 bridgehead atoms. The number of carbonyl (C=O) groups is 4. The molecule has 3 heterocycles. The number of alkyl carbamates (subject to hydrolysis) is 1. The van der Waals surface area contributed by atoms with E-state index in [9.17, 15) is 32.3 Å². The van der Waals surface area contributed by atoms with Crippen LogP contribution in [0.25, 0.3) is 33.6 Å². The van der Waals surface area contributed by atoms with Crippen molar-refractivity contribution in [1.82, 2.24) is 40.6 Å². The van der Waals surface area contributed by atoms with Gasteiger partial charge >= 0.3 is 18.4 Å². The monoisotopic (exact) mass is 820 g/mol. The summed E-state index contributed by atoms with van der Waals surface area (Å²) in [6, 6.07) is 9.39. The second kappa shape index (κ2) is 18.0. The van der Waals surface area contributed by atoms with Crippen LogP contribution in [-0.2, 0) is 25.2 Å². The quantitative estimate of drug-likeness (QED) is 0.117. The number of benzene rings is 2. The molecule has 59 heavy (non-hydrogen) atoms. The van der Waals surface area contributed by atoms with Crippen molar-refractivity contribution in [3.63, 3.8) is 0 Å². The Morgan fingerprint density at radius 2 is 1.42 bits per heavy atom. The predicted molar refractivity (Wildman–Crippen MR) is 212 cm³/mol. The third kappa shape index (κ3) is 9.39. The van der Waals surface area contributed by atoms with Crippen molar-refractivity contribution in [3.05, 3.63) is 72.1 Å². The lowest BCUT2D eigenvalue weighted by molar-refractivity contribution is -0.142. The highest BCUT2D eigenvalue weighted by atomic mass is 19.4. The molecule has 0 spiro atoms. The van der Waals surface area contributed by atoms with E-state index in [0.717, 1.165) is 25.3 Å². The van der Waals surface area contributed by atoms with E-state index in [4.69, 9.17) is 9.47 Å². The van der Waals surface area contributed by atoms with Crippen LogP contribution in [0.3, 0.4) is 0 Å². The standard InChI is InChI=1S/C42H51F3N8O6/c1-23(2)35(50-40(56)58-5)39(55)52-19-9-12-34(52)37-47-21-32(49-37)26-15-13-25(14-16-26)28-18-17-27(20-31(28)42(43,44)45)33-22-46-36(48-33)29-10-7-8-11-30(29)38(54)53(24(3)4)51-41(57)59-6/h13-18,20-24,29-30,34-35H,7-12,19H2,1-6H3,(H,46,48)(H,47,49)(H,50,56)(H,51,57)/t29-,30-,34-,35-/m0/s1. The average molecular weight is 821 g/mol. The van der Waals surface area contributed by atoms with Gasteiger partial charge in [0.2, 0.25) is 11.8 Å². The molecule has 6 rings (SSSR count). The fourth-order valence-electron chi connectivity index (χ4n) is 8.06. The van der Waals surface area contributed by atoms with Crippen LogP contribution in [0.5, 0.6) is 0 Å². The van der Waals surface area contributed by atoms with Crippen LogP contribution in [0, 0.1) is 11.8 Å². The van der Waals surface area contributed by atoms with Crippen LogP contribution >= 0.6 is 0 Å². The molecular formula is C42H51F3N8O6. The van der Waals surface area contributed by atoms with Gasteiger partial charge in [-0.15, -0.1) is 0 Å². The molecule has 1 aliphatic carbocycles. The van der Waals surface area contributed by atoms with Crippen LogP contribution < -0.4 is 10.7 Å². The van der Waals surface area contributed by atoms with Crippen LogP contribution in [0.2, 0.25) is 0 Å². The summed E-state index contributed by atoms with van der Waals surface area (Å²) in [6.07, 6.45) is 1.29. The lowest BCUT2D eigenvalue weighted by atomic mass is 9.78. The summed E-state index contributed by atoms with van der Waals surface area (Å²) in [4.78, 5) is 68.5. The highest BCUT2D eigenvalue weighted by Crippen LogP contribution is 2.42. The van der Waals surface area contributed by atoms with Gasteiger partial charge in [0, 0.05) is 30.0 Å². The summed E-state index contributed by atoms with van der Waals surface area (Å²) in [5.41, 5.74) is 4.06. The molecule has 14 nitrogen and oxygen atoms in total. The molecule has 4 aromatic rings. The maximum atomic E-state index is 14.7.